The largest absolute Gasteiger partial charge is 0.431 e. The van der Waals surface area contributed by atoms with Crippen LogP contribution < -0.4 is 5.43 Å². The zero-order valence-electron chi connectivity index (χ0n) is 15.1. The number of hydrogen-bond donors (Lipinski definition) is 1. The summed E-state index contributed by atoms with van der Waals surface area (Å²) in [4.78, 5) is 16.3. The third-order valence-electron chi connectivity index (χ3n) is 3.96. The van der Waals surface area contributed by atoms with Crippen molar-refractivity contribution in [3.63, 3.8) is 0 Å². The maximum absolute atomic E-state index is 13.3. The van der Waals surface area contributed by atoms with Crippen LogP contribution >= 0.6 is 11.3 Å². The molecule has 0 aliphatic heterocycles. The van der Waals surface area contributed by atoms with Crippen LogP contribution in [0.25, 0.3) is 11.3 Å². The van der Waals surface area contributed by atoms with Crippen molar-refractivity contribution in [3.05, 3.63) is 70.9 Å². The fourth-order valence-corrected chi connectivity index (χ4v) is 3.05. The Balaban J connectivity index is 1.75. The van der Waals surface area contributed by atoms with Crippen LogP contribution in [0.1, 0.15) is 22.3 Å². The molecule has 9 heteroatoms. The van der Waals surface area contributed by atoms with Crippen molar-refractivity contribution >= 4 is 28.0 Å². The van der Waals surface area contributed by atoms with Crippen LogP contribution in [-0.4, -0.2) is 22.7 Å². The highest BCUT2D eigenvalue weighted by Gasteiger charge is 2.37. The van der Waals surface area contributed by atoms with E-state index in [0.717, 1.165) is 16.9 Å². The van der Waals surface area contributed by atoms with Crippen molar-refractivity contribution in [3.8, 4) is 11.3 Å². The van der Waals surface area contributed by atoms with Crippen LogP contribution in [-0.2, 0) is 0 Å². The number of benzene rings is 2. The quantitative estimate of drug-likeness (QED) is 0.235. The minimum Gasteiger partial charge on any atom is -0.294 e. The number of alkyl halides is 3. The molecular formula is C20H15F4N3OS. The summed E-state index contributed by atoms with van der Waals surface area (Å²) in [6.07, 6.45) is -5.67. The summed E-state index contributed by atoms with van der Waals surface area (Å²) >= 11 is 1.04. The average Bonchev–Trinajstić information content (AvgIpc) is 3.14. The summed E-state index contributed by atoms with van der Waals surface area (Å²) in [6, 6.07) is 11.8. The normalized spacial score (nSPS) is 12.1. The number of anilines is 1. The number of aromatic nitrogens is 1. The summed E-state index contributed by atoms with van der Waals surface area (Å²) < 4.78 is 52.9. The first kappa shape index (κ1) is 20.7. The molecule has 1 heterocycles. The van der Waals surface area contributed by atoms with Crippen molar-refractivity contribution in [1.29, 1.82) is 0 Å². The monoisotopic (exact) mass is 421 g/mol. The smallest absolute Gasteiger partial charge is 0.294 e. The van der Waals surface area contributed by atoms with Gasteiger partial charge in [-0.2, -0.15) is 18.3 Å². The zero-order valence-corrected chi connectivity index (χ0v) is 15.9. The van der Waals surface area contributed by atoms with Crippen LogP contribution in [0.15, 0.2) is 59.0 Å². The molecule has 3 rings (SSSR count). The Hall–Kier alpha value is -3.07. The second-order valence-electron chi connectivity index (χ2n) is 6.18. The summed E-state index contributed by atoms with van der Waals surface area (Å²) in [5, 5.41) is 5.10. The highest BCUT2D eigenvalue weighted by Crippen LogP contribution is 2.26. The molecule has 0 atom stereocenters. The number of carbonyl (C=O) groups is 1. The predicted molar refractivity (Wildman–Crippen MR) is 105 cm³/mol. The average molecular weight is 421 g/mol. The van der Waals surface area contributed by atoms with Crippen LogP contribution in [0.5, 0.6) is 0 Å². The number of hydrogen-bond acceptors (Lipinski definition) is 5. The Morgan fingerprint density at radius 1 is 1.10 bits per heavy atom. The molecular weight excluding hydrogens is 406 g/mol. The molecule has 0 unspecified atom stereocenters. The fraction of sp³-hybridized carbons (Fsp3) is 0.150. The van der Waals surface area contributed by atoms with Crippen LogP contribution in [0.2, 0.25) is 0 Å². The Kier molecular flexibility index (Phi) is 6.07. The summed E-state index contributed by atoms with van der Waals surface area (Å²) in [5.41, 5.74) is 3.18. The van der Waals surface area contributed by atoms with E-state index in [-0.39, 0.29) is 10.7 Å². The Morgan fingerprint density at radius 3 is 2.38 bits per heavy atom. The van der Waals surface area contributed by atoms with Gasteiger partial charge in [-0.25, -0.2) is 9.37 Å². The predicted octanol–water partition coefficient (Wildman–Crippen LogP) is 5.86. The molecule has 150 valence electrons. The summed E-state index contributed by atoms with van der Waals surface area (Å²) in [7, 11) is 0. The molecule has 1 aromatic heterocycles. The fourth-order valence-electron chi connectivity index (χ4n) is 2.39. The van der Waals surface area contributed by atoms with Crippen LogP contribution in [0.4, 0.5) is 22.7 Å². The highest BCUT2D eigenvalue weighted by molar-refractivity contribution is 7.14. The number of carbonyl (C=O) groups excluding carboxylic acids is 1. The molecule has 1 N–H and O–H groups in total. The lowest BCUT2D eigenvalue weighted by Gasteiger charge is -2.10. The number of hydrazone groups is 1. The number of thiazole rings is 1. The van der Waals surface area contributed by atoms with E-state index in [1.807, 2.05) is 6.92 Å². The maximum Gasteiger partial charge on any atom is 0.431 e. The molecule has 0 bridgehead atoms. The first-order chi connectivity index (χ1) is 13.7. The Morgan fingerprint density at radius 2 is 1.76 bits per heavy atom. The van der Waals surface area contributed by atoms with E-state index >= 15 is 0 Å². The molecule has 0 saturated heterocycles. The number of Topliss-reactive ketones (excluding diaryl/α,β-unsaturated/α-hetero) is 1. The number of nitrogens with zero attached hydrogens (tertiary/aromatic N) is 2. The topological polar surface area (TPSA) is 54.4 Å². The van der Waals surface area contributed by atoms with Crippen LogP contribution in [0, 0.1) is 12.7 Å². The molecule has 4 nitrogen and oxygen atoms in total. The van der Waals surface area contributed by atoms with Gasteiger partial charge in [0.15, 0.2) is 5.78 Å². The first-order valence-electron chi connectivity index (χ1n) is 8.43. The van der Waals surface area contributed by atoms with Gasteiger partial charge in [0, 0.05) is 16.5 Å². The van der Waals surface area contributed by atoms with Crippen molar-refractivity contribution in [2.75, 3.05) is 5.43 Å². The lowest BCUT2D eigenvalue weighted by Crippen LogP contribution is -2.27. The standard InChI is InChI=1S/C20H15F4N3OS/c1-12-2-4-14(5-3-12)17(28)10-18(20(22,23)24)26-27-19-25-16(11-29-19)13-6-8-15(21)9-7-13/h2-9,11H,10H2,1H3,(H,25,27)/b26-18+. The van der Waals surface area contributed by atoms with Gasteiger partial charge in [-0.3, -0.25) is 10.2 Å². The van der Waals surface area contributed by atoms with Crippen molar-refractivity contribution in [1.82, 2.24) is 4.98 Å². The zero-order chi connectivity index (χ0) is 21.0. The molecule has 0 amide bonds. The van der Waals surface area contributed by atoms with Crippen molar-refractivity contribution < 1.29 is 22.4 Å². The number of halogens is 4. The third-order valence-corrected chi connectivity index (χ3v) is 4.71. The molecule has 3 aromatic rings. The highest BCUT2D eigenvalue weighted by atomic mass is 32.1. The number of ketones is 1. The van der Waals surface area contributed by atoms with E-state index in [2.05, 4.69) is 15.5 Å². The lowest BCUT2D eigenvalue weighted by atomic mass is 10.0. The van der Waals surface area contributed by atoms with Crippen LogP contribution in [0.3, 0.4) is 0 Å². The van der Waals surface area contributed by atoms with Gasteiger partial charge < -0.3 is 0 Å². The second kappa shape index (κ2) is 8.52. The van der Waals surface area contributed by atoms with Crippen molar-refractivity contribution in [2.45, 2.75) is 19.5 Å². The number of rotatable bonds is 6. The van der Waals surface area contributed by atoms with E-state index in [0.29, 0.717) is 11.3 Å². The van der Waals surface area contributed by atoms with Gasteiger partial charge in [0.25, 0.3) is 0 Å². The minimum atomic E-state index is -4.77. The maximum atomic E-state index is 13.3. The Labute approximate surface area is 167 Å². The minimum absolute atomic E-state index is 0.119. The van der Waals surface area contributed by atoms with Crippen molar-refractivity contribution in [2.24, 2.45) is 5.10 Å². The summed E-state index contributed by atoms with van der Waals surface area (Å²) in [6.45, 7) is 1.81. The van der Waals surface area contributed by atoms with Gasteiger partial charge in [-0.1, -0.05) is 29.8 Å². The summed E-state index contributed by atoms with van der Waals surface area (Å²) in [5.74, 6) is -1.09. The molecule has 0 saturated carbocycles. The third kappa shape index (κ3) is 5.47. The van der Waals surface area contributed by atoms with Gasteiger partial charge in [0.1, 0.15) is 11.5 Å². The number of aryl methyl sites for hydroxylation is 1. The molecule has 0 aliphatic carbocycles. The van der Waals surface area contributed by atoms with Gasteiger partial charge in [-0.05, 0) is 31.2 Å². The molecule has 0 spiro atoms. The van der Waals surface area contributed by atoms with Gasteiger partial charge in [0.05, 0.1) is 12.1 Å². The SMILES string of the molecule is Cc1ccc(C(=O)C/C(=N\Nc2nc(-c3ccc(F)cc3)cs2)C(F)(F)F)cc1. The van der Waals surface area contributed by atoms with E-state index in [9.17, 15) is 22.4 Å². The molecule has 0 aliphatic rings. The van der Waals surface area contributed by atoms with E-state index < -0.39 is 29.9 Å². The number of nitrogens with one attached hydrogen (secondary N) is 1. The van der Waals surface area contributed by atoms with Gasteiger partial charge in [0.2, 0.25) is 5.13 Å². The molecule has 29 heavy (non-hydrogen) atoms. The lowest BCUT2D eigenvalue weighted by molar-refractivity contribution is -0.0602. The van der Waals surface area contributed by atoms with Gasteiger partial charge in [-0.15, -0.1) is 11.3 Å². The van der Waals surface area contributed by atoms with E-state index in [1.54, 1.807) is 17.5 Å². The second-order valence-corrected chi connectivity index (χ2v) is 7.04. The van der Waals surface area contributed by atoms with Gasteiger partial charge >= 0.3 is 6.18 Å². The first-order valence-corrected chi connectivity index (χ1v) is 9.31. The van der Waals surface area contributed by atoms with E-state index in [4.69, 9.17) is 0 Å². The van der Waals surface area contributed by atoms with E-state index in [1.165, 1.54) is 36.4 Å². The molecule has 0 radical (unpaired) electrons. The molecule has 0 fully saturated rings. The Bertz CT molecular complexity index is 1030. The molecule has 2 aromatic carbocycles.